The van der Waals surface area contributed by atoms with E-state index in [9.17, 15) is 4.79 Å². The standard InChI is InChI=1S/C22H25NO2S/c1-16-6-2-4-8-18(16)20-10-12-23(13-15-26-20)22(24)21-19-9-5-3-7-17(19)11-14-25-21/h2-9,20-21H,10-15H2,1H3. The molecule has 4 heteroatoms. The van der Waals surface area contributed by atoms with Crippen LogP contribution in [0.5, 0.6) is 0 Å². The Morgan fingerprint density at radius 2 is 1.85 bits per heavy atom. The zero-order valence-corrected chi connectivity index (χ0v) is 16.0. The molecule has 0 spiro atoms. The molecule has 0 radical (unpaired) electrons. The Hall–Kier alpha value is -1.78. The Kier molecular flexibility index (Phi) is 5.32. The van der Waals surface area contributed by atoms with Crippen molar-refractivity contribution >= 4 is 17.7 Å². The van der Waals surface area contributed by atoms with Gasteiger partial charge in [0.2, 0.25) is 0 Å². The molecule has 0 aromatic heterocycles. The topological polar surface area (TPSA) is 29.5 Å². The summed E-state index contributed by atoms with van der Waals surface area (Å²) in [4.78, 5) is 15.2. The monoisotopic (exact) mass is 367 g/mol. The lowest BCUT2D eigenvalue weighted by atomic mass is 9.96. The first kappa shape index (κ1) is 17.6. The molecular formula is C22H25NO2S. The number of carbonyl (C=O) groups excluding carboxylic acids is 1. The van der Waals surface area contributed by atoms with E-state index in [0.29, 0.717) is 11.9 Å². The van der Waals surface area contributed by atoms with Crippen molar-refractivity contribution in [2.45, 2.75) is 31.1 Å². The summed E-state index contributed by atoms with van der Waals surface area (Å²) in [6.45, 7) is 4.40. The molecule has 2 aliphatic heterocycles. The van der Waals surface area contributed by atoms with Gasteiger partial charge in [-0.05, 0) is 42.0 Å². The second-order valence-electron chi connectivity index (χ2n) is 7.03. The van der Waals surface area contributed by atoms with Crippen LogP contribution in [0.1, 0.15) is 40.0 Å². The van der Waals surface area contributed by atoms with Crippen LogP contribution >= 0.6 is 11.8 Å². The number of amides is 1. The third-order valence-electron chi connectivity index (χ3n) is 5.41. The summed E-state index contributed by atoms with van der Waals surface area (Å²) in [6, 6.07) is 16.8. The molecule has 2 heterocycles. The van der Waals surface area contributed by atoms with Gasteiger partial charge >= 0.3 is 0 Å². The summed E-state index contributed by atoms with van der Waals surface area (Å²) in [7, 11) is 0. The predicted octanol–water partition coefficient (Wildman–Crippen LogP) is 4.32. The third-order valence-corrected chi connectivity index (χ3v) is 6.72. The normalized spacial score (nSPS) is 23.2. The van der Waals surface area contributed by atoms with Crippen LogP contribution < -0.4 is 0 Å². The van der Waals surface area contributed by atoms with E-state index in [0.717, 1.165) is 37.2 Å². The summed E-state index contributed by atoms with van der Waals surface area (Å²) in [5.41, 5.74) is 5.05. The predicted molar refractivity (Wildman–Crippen MR) is 106 cm³/mol. The highest BCUT2D eigenvalue weighted by Crippen LogP contribution is 2.37. The number of ether oxygens (including phenoxy) is 1. The van der Waals surface area contributed by atoms with Crippen molar-refractivity contribution in [3.8, 4) is 0 Å². The van der Waals surface area contributed by atoms with E-state index in [4.69, 9.17) is 4.74 Å². The molecule has 1 saturated heterocycles. The minimum Gasteiger partial charge on any atom is -0.363 e. The van der Waals surface area contributed by atoms with E-state index in [1.54, 1.807) is 0 Å². The number of benzene rings is 2. The Labute approximate surface area is 159 Å². The van der Waals surface area contributed by atoms with Gasteiger partial charge in [0.05, 0.1) is 6.61 Å². The van der Waals surface area contributed by atoms with Gasteiger partial charge in [-0.15, -0.1) is 0 Å². The van der Waals surface area contributed by atoms with Crippen molar-refractivity contribution in [1.29, 1.82) is 0 Å². The Balaban J connectivity index is 1.48. The minimum absolute atomic E-state index is 0.128. The van der Waals surface area contributed by atoms with Crippen LogP contribution in [0, 0.1) is 6.92 Å². The fraction of sp³-hybridized carbons (Fsp3) is 0.409. The summed E-state index contributed by atoms with van der Waals surface area (Å²) in [5.74, 6) is 1.10. The Bertz CT molecular complexity index is 791. The van der Waals surface area contributed by atoms with E-state index in [1.807, 2.05) is 34.9 Å². The van der Waals surface area contributed by atoms with Crippen LogP contribution in [0.15, 0.2) is 48.5 Å². The van der Waals surface area contributed by atoms with Crippen molar-refractivity contribution in [2.24, 2.45) is 0 Å². The molecule has 2 aliphatic rings. The number of fused-ring (bicyclic) bond motifs is 1. The average Bonchev–Trinajstić information content (AvgIpc) is 2.93. The van der Waals surface area contributed by atoms with Gasteiger partial charge in [0.1, 0.15) is 0 Å². The Morgan fingerprint density at radius 3 is 2.69 bits per heavy atom. The SMILES string of the molecule is Cc1ccccc1C1CCN(C(=O)C2OCCc3ccccc32)CCS1. The lowest BCUT2D eigenvalue weighted by molar-refractivity contribution is -0.144. The molecule has 0 aliphatic carbocycles. The van der Waals surface area contributed by atoms with Gasteiger partial charge in [-0.2, -0.15) is 11.8 Å². The molecule has 2 aromatic rings. The first-order chi connectivity index (χ1) is 12.7. The molecular weight excluding hydrogens is 342 g/mol. The van der Waals surface area contributed by atoms with Crippen LogP contribution in [0.25, 0.3) is 0 Å². The minimum atomic E-state index is -0.431. The first-order valence-corrected chi connectivity index (χ1v) is 10.4. The van der Waals surface area contributed by atoms with Crippen LogP contribution in [-0.4, -0.2) is 36.3 Å². The molecule has 0 bridgehead atoms. The molecule has 3 nitrogen and oxygen atoms in total. The van der Waals surface area contributed by atoms with Gasteiger partial charge in [0.15, 0.2) is 6.10 Å². The second-order valence-corrected chi connectivity index (χ2v) is 8.34. The molecule has 0 N–H and O–H groups in total. The van der Waals surface area contributed by atoms with Crippen LogP contribution in [0.2, 0.25) is 0 Å². The zero-order chi connectivity index (χ0) is 17.9. The van der Waals surface area contributed by atoms with E-state index in [2.05, 4.69) is 37.3 Å². The van der Waals surface area contributed by atoms with E-state index < -0.39 is 6.10 Å². The van der Waals surface area contributed by atoms with Crippen LogP contribution in [-0.2, 0) is 16.0 Å². The lowest BCUT2D eigenvalue weighted by Crippen LogP contribution is -2.39. The van der Waals surface area contributed by atoms with Crippen LogP contribution in [0.3, 0.4) is 0 Å². The average molecular weight is 368 g/mol. The number of carbonyl (C=O) groups is 1. The van der Waals surface area contributed by atoms with Gasteiger partial charge in [-0.1, -0.05) is 48.5 Å². The fourth-order valence-corrected chi connectivity index (χ4v) is 5.28. The van der Waals surface area contributed by atoms with Crippen LogP contribution in [0.4, 0.5) is 0 Å². The van der Waals surface area contributed by atoms with Gasteiger partial charge in [0, 0.05) is 24.1 Å². The van der Waals surface area contributed by atoms with Crippen molar-refractivity contribution in [1.82, 2.24) is 4.90 Å². The summed E-state index contributed by atoms with van der Waals surface area (Å²) >= 11 is 1.97. The number of hydrogen-bond acceptors (Lipinski definition) is 3. The smallest absolute Gasteiger partial charge is 0.256 e. The van der Waals surface area contributed by atoms with Gasteiger partial charge in [-0.25, -0.2) is 0 Å². The molecule has 1 fully saturated rings. The van der Waals surface area contributed by atoms with Gasteiger partial charge in [0.25, 0.3) is 5.91 Å². The van der Waals surface area contributed by atoms with Gasteiger partial charge < -0.3 is 9.64 Å². The molecule has 2 atom stereocenters. The molecule has 1 amide bonds. The van der Waals surface area contributed by atoms with Crippen molar-refractivity contribution in [3.63, 3.8) is 0 Å². The maximum Gasteiger partial charge on any atom is 0.256 e. The summed E-state index contributed by atoms with van der Waals surface area (Å²) < 4.78 is 5.89. The summed E-state index contributed by atoms with van der Waals surface area (Å²) in [5, 5.41) is 0.466. The molecule has 2 aromatic carbocycles. The number of thioether (sulfide) groups is 1. The Morgan fingerprint density at radius 1 is 1.08 bits per heavy atom. The van der Waals surface area contributed by atoms with Crippen molar-refractivity contribution < 1.29 is 9.53 Å². The maximum absolute atomic E-state index is 13.2. The molecule has 26 heavy (non-hydrogen) atoms. The van der Waals surface area contributed by atoms with Crippen molar-refractivity contribution in [2.75, 3.05) is 25.4 Å². The molecule has 2 unspecified atom stereocenters. The zero-order valence-electron chi connectivity index (χ0n) is 15.2. The highest BCUT2D eigenvalue weighted by atomic mass is 32.2. The second kappa shape index (κ2) is 7.85. The van der Waals surface area contributed by atoms with Gasteiger partial charge in [-0.3, -0.25) is 4.79 Å². The number of hydrogen-bond donors (Lipinski definition) is 0. The number of nitrogens with zero attached hydrogens (tertiary/aromatic N) is 1. The highest BCUT2D eigenvalue weighted by Gasteiger charge is 2.32. The number of rotatable bonds is 2. The first-order valence-electron chi connectivity index (χ1n) is 9.39. The van der Waals surface area contributed by atoms with E-state index >= 15 is 0 Å². The lowest BCUT2D eigenvalue weighted by Gasteiger charge is -2.30. The van der Waals surface area contributed by atoms with E-state index in [-0.39, 0.29) is 5.91 Å². The summed E-state index contributed by atoms with van der Waals surface area (Å²) in [6.07, 6.45) is 1.46. The fourth-order valence-electron chi connectivity index (χ4n) is 3.95. The highest BCUT2D eigenvalue weighted by molar-refractivity contribution is 7.99. The number of aryl methyl sites for hydroxylation is 1. The maximum atomic E-state index is 13.2. The largest absolute Gasteiger partial charge is 0.363 e. The third kappa shape index (κ3) is 3.53. The molecule has 4 rings (SSSR count). The quantitative estimate of drug-likeness (QED) is 0.792. The molecule has 0 saturated carbocycles. The van der Waals surface area contributed by atoms with Crippen molar-refractivity contribution in [3.05, 3.63) is 70.8 Å². The van der Waals surface area contributed by atoms with E-state index in [1.165, 1.54) is 16.7 Å². The molecule has 136 valence electrons.